The van der Waals surface area contributed by atoms with E-state index in [2.05, 4.69) is 0 Å². The summed E-state index contributed by atoms with van der Waals surface area (Å²) in [6.45, 7) is 1.78. The lowest BCUT2D eigenvalue weighted by atomic mass is 10.0. The molecule has 22 heavy (non-hydrogen) atoms. The van der Waals surface area contributed by atoms with Crippen molar-refractivity contribution >= 4 is 5.91 Å². The summed E-state index contributed by atoms with van der Waals surface area (Å²) in [5, 5.41) is 19.1. The first-order chi connectivity index (χ1) is 10.5. The summed E-state index contributed by atoms with van der Waals surface area (Å²) in [7, 11) is 1.71. The van der Waals surface area contributed by atoms with Gasteiger partial charge in [-0.15, -0.1) is 0 Å². The molecule has 4 nitrogen and oxygen atoms in total. The molecule has 1 amide bonds. The van der Waals surface area contributed by atoms with Crippen LogP contribution in [0.4, 0.5) is 0 Å². The molecule has 0 aliphatic rings. The van der Waals surface area contributed by atoms with Crippen molar-refractivity contribution in [2.75, 3.05) is 13.7 Å². The quantitative estimate of drug-likeness (QED) is 0.892. The van der Waals surface area contributed by atoms with E-state index < -0.39 is 0 Å². The van der Waals surface area contributed by atoms with Crippen LogP contribution in [0, 0.1) is 6.92 Å². The highest BCUT2D eigenvalue weighted by atomic mass is 16.3. The molecule has 0 saturated heterocycles. The van der Waals surface area contributed by atoms with Gasteiger partial charge < -0.3 is 15.1 Å². The Morgan fingerprint density at radius 1 is 1.18 bits per heavy atom. The summed E-state index contributed by atoms with van der Waals surface area (Å²) < 4.78 is 0. The summed E-state index contributed by atoms with van der Waals surface area (Å²) in [6.07, 6.45) is 0.462. The second-order valence-electron chi connectivity index (χ2n) is 5.36. The number of nitrogens with zero attached hydrogens (tertiary/aromatic N) is 1. The lowest BCUT2D eigenvalue weighted by Crippen LogP contribution is -2.31. The number of aromatic hydroxyl groups is 1. The number of carbonyl (C=O) groups is 1. The van der Waals surface area contributed by atoms with Crippen LogP contribution in [0.3, 0.4) is 0 Å². The van der Waals surface area contributed by atoms with Crippen molar-refractivity contribution < 1.29 is 15.0 Å². The number of hydrogen-bond donors (Lipinski definition) is 2. The average molecular weight is 299 g/mol. The number of aliphatic hydroxyl groups is 1. The van der Waals surface area contributed by atoms with Crippen molar-refractivity contribution in [3.8, 4) is 5.75 Å². The van der Waals surface area contributed by atoms with Gasteiger partial charge >= 0.3 is 0 Å². The molecule has 0 saturated carbocycles. The molecule has 0 bridgehead atoms. The SMILES string of the molecule is Cc1ccc(C(=O)N(C)[C@H](CCO)c2ccccc2)cc1O. The van der Waals surface area contributed by atoms with Crippen molar-refractivity contribution in [3.05, 3.63) is 65.2 Å². The molecule has 2 N–H and O–H groups in total. The topological polar surface area (TPSA) is 60.8 Å². The molecule has 116 valence electrons. The summed E-state index contributed by atoms with van der Waals surface area (Å²) in [5.41, 5.74) is 2.14. The standard InChI is InChI=1S/C18H21NO3/c1-13-8-9-15(12-17(13)21)18(22)19(2)16(10-11-20)14-6-4-3-5-7-14/h3-9,12,16,20-21H,10-11H2,1-2H3/t16-/m1/s1. The van der Waals surface area contributed by atoms with Crippen LogP contribution in [0.25, 0.3) is 0 Å². The van der Waals surface area contributed by atoms with Crippen LogP contribution in [0.1, 0.15) is 33.9 Å². The predicted molar refractivity (Wildman–Crippen MR) is 85.8 cm³/mol. The zero-order valence-electron chi connectivity index (χ0n) is 12.9. The zero-order chi connectivity index (χ0) is 16.1. The molecular formula is C18H21NO3. The average Bonchev–Trinajstić information content (AvgIpc) is 2.54. The van der Waals surface area contributed by atoms with Gasteiger partial charge in [0.1, 0.15) is 5.75 Å². The number of rotatable bonds is 5. The van der Waals surface area contributed by atoms with Gasteiger partial charge in [-0.1, -0.05) is 36.4 Å². The van der Waals surface area contributed by atoms with E-state index in [1.807, 2.05) is 30.3 Å². The molecule has 2 rings (SSSR count). The number of amides is 1. The van der Waals surface area contributed by atoms with E-state index in [4.69, 9.17) is 0 Å². The van der Waals surface area contributed by atoms with Crippen LogP contribution in [0.15, 0.2) is 48.5 Å². The molecule has 0 fully saturated rings. The normalized spacial score (nSPS) is 12.0. The highest BCUT2D eigenvalue weighted by molar-refractivity contribution is 5.94. The zero-order valence-corrected chi connectivity index (χ0v) is 12.9. The Kier molecular flexibility index (Phi) is 5.17. The van der Waals surface area contributed by atoms with E-state index in [9.17, 15) is 15.0 Å². The molecule has 0 aromatic heterocycles. The molecule has 0 aliphatic heterocycles. The molecule has 1 atom stereocenters. The number of phenols is 1. The largest absolute Gasteiger partial charge is 0.508 e. The van der Waals surface area contributed by atoms with Crippen molar-refractivity contribution in [1.82, 2.24) is 4.90 Å². The van der Waals surface area contributed by atoms with E-state index in [1.54, 1.807) is 31.0 Å². The Hall–Kier alpha value is -2.33. The molecule has 2 aromatic carbocycles. The maximum absolute atomic E-state index is 12.6. The third-order valence-corrected chi connectivity index (χ3v) is 3.83. The first-order valence-electron chi connectivity index (χ1n) is 7.27. The van der Waals surface area contributed by atoms with Gasteiger partial charge in [-0.05, 0) is 36.6 Å². The molecule has 0 heterocycles. The highest BCUT2D eigenvalue weighted by Gasteiger charge is 2.22. The number of aryl methyl sites for hydroxylation is 1. The minimum absolute atomic E-state index is 0.00364. The lowest BCUT2D eigenvalue weighted by molar-refractivity contribution is 0.0704. The third-order valence-electron chi connectivity index (χ3n) is 3.83. The Morgan fingerprint density at radius 2 is 1.86 bits per heavy atom. The summed E-state index contributed by atoms with van der Waals surface area (Å²) in [4.78, 5) is 14.2. The number of aliphatic hydroxyl groups excluding tert-OH is 1. The van der Waals surface area contributed by atoms with E-state index in [0.29, 0.717) is 12.0 Å². The fourth-order valence-electron chi connectivity index (χ4n) is 2.47. The van der Waals surface area contributed by atoms with Gasteiger partial charge in [-0.25, -0.2) is 0 Å². The van der Waals surface area contributed by atoms with Gasteiger partial charge in [0, 0.05) is 19.2 Å². The van der Waals surface area contributed by atoms with E-state index in [0.717, 1.165) is 11.1 Å². The van der Waals surface area contributed by atoms with Crippen molar-refractivity contribution in [2.24, 2.45) is 0 Å². The van der Waals surface area contributed by atoms with E-state index in [-0.39, 0.29) is 24.3 Å². The monoisotopic (exact) mass is 299 g/mol. The molecule has 4 heteroatoms. The Balaban J connectivity index is 2.28. The summed E-state index contributed by atoms with van der Waals surface area (Å²) in [6, 6.07) is 14.3. The van der Waals surface area contributed by atoms with Gasteiger partial charge in [0.25, 0.3) is 5.91 Å². The minimum Gasteiger partial charge on any atom is -0.508 e. The molecule has 0 radical (unpaired) electrons. The van der Waals surface area contributed by atoms with Crippen molar-refractivity contribution in [2.45, 2.75) is 19.4 Å². The molecule has 2 aromatic rings. The second kappa shape index (κ2) is 7.09. The lowest BCUT2D eigenvalue weighted by Gasteiger charge is -2.28. The van der Waals surface area contributed by atoms with Gasteiger partial charge in [0.2, 0.25) is 0 Å². The number of phenolic OH excluding ortho intramolecular Hbond substituents is 1. The van der Waals surface area contributed by atoms with Gasteiger partial charge in [-0.3, -0.25) is 4.79 Å². The van der Waals surface area contributed by atoms with E-state index >= 15 is 0 Å². The molecule has 0 unspecified atom stereocenters. The minimum atomic E-state index is -0.206. The first-order valence-corrected chi connectivity index (χ1v) is 7.27. The fourth-order valence-corrected chi connectivity index (χ4v) is 2.47. The maximum Gasteiger partial charge on any atom is 0.254 e. The second-order valence-corrected chi connectivity index (χ2v) is 5.36. The predicted octanol–water partition coefficient (Wildman–Crippen LogP) is 2.90. The van der Waals surface area contributed by atoms with Gasteiger partial charge in [0.15, 0.2) is 0 Å². The molecule has 0 spiro atoms. The summed E-state index contributed by atoms with van der Waals surface area (Å²) >= 11 is 0. The van der Waals surface area contributed by atoms with Gasteiger partial charge in [0.05, 0.1) is 6.04 Å². The van der Waals surface area contributed by atoms with Crippen LogP contribution in [-0.2, 0) is 0 Å². The van der Waals surface area contributed by atoms with Crippen molar-refractivity contribution in [1.29, 1.82) is 0 Å². The maximum atomic E-state index is 12.6. The number of benzene rings is 2. The first kappa shape index (κ1) is 16.0. The Labute approximate surface area is 130 Å². The highest BCUT2D eigenvalue weighted by Crippen LogP contribution is 2.26. The van der Waals surface area contributed by atoms with Crippen molar-refractivity contribution in [3.63, 3.8) is 0 Å². The molecular weight excluding hydrogens is 278 g/mol. The number of hydrogen-bond acceptors (Lipinski definition) is 3. The van der Waals surface area contributed by atoms with Crippen LogP contribution in [0.5, 0.6) is 5.75 Å². The van der Waals surface area contributed by atoms with E-state index in [1.165, 1.54) is 6.07 Å². The number of carbonyl (C=O) groups excluding carboxylic acids is 1. The summed E-state index contributed by atoms with van der Waals surface area (Å²) in [5.74, 6) is -0.0738. The third kappa shape index (κ3) is 3.46. The van der Waals surface area contributed by atoms with Gasteiger partial charge in [-0.2, -0.15) is 0 Å². The van der Waals surface area contributed by atoms with Crippen LogP contribution < -0.4 is 0 Å². The smallest absolute Gasteiger partial charge is 0.254 e. The fraction of sp³-hybridized carbons (Fsp3) is 0.278. The molecule has 0 aliphatic carbocycles. The van der Waals surface area contributed by atoms with Crippen LogP contribution in [-0.4, -0.2) is 34.7 Å². The van der Waals surface area contributed by atoms with Crippen LogP contribution in [0.2, 0.25) is 0 Å². The Bertz CT molecular complexity index is 640. The van der Waals surface area contributed by atoms with Crippen LogP contribution >= 0.6 is 0 Å². The Morgan fingerprint density at radius 3 is 2.45 bits per heavy atom.